The van der Waals surface area contributed by atoms with Gasteiger partial charge in [-0.05, 0) is 47.2 Å². The van der Waals surface area contributed by atoms with Crippen molar-refractivity contribution in [1.82, 2.24) is 30.1 Å². The van der Waals surface area contributed by atoms with Gasteiger partial charge in [-0.15, -0.1) is 5.10 Å². The summed E-state index contributed by atoms with van der Waals surface area (Å²) in [6.45, 7) is 5.97. The van der Waals surface area contributed by atoms with Crippen molar-refractivity contribution in [2.24, 2.45) is 0 Å². The molecule has 0 N–H and O–H groups in total. The van der Waals surface area contributed by atoms with Gasteiger partial charge in [-0.2, -0.15) is 0 Å². The van der Waals surface area contributed by atoms with E-state index in [0.717, 1.165) is 41.1 Å². The van der Waals surface area contributed by atoms with E-state index >= 15 is 0 Å². The molecule has 0 aliphatic carbocycles. The van der Waals surface area contributed by atoms with Crippen LogP contribution in [0.1, 0.15) is 23.9 Å². The highest BCUT2D eigenvalue weighted by Gasteiger charge is 2.20. The van der Waals surface area contributed by atoms with Crippen LogP contribution in [-0.4, -0.2) is 49.8 Å². The first-order valence-corrected chi connectivity index (χ1v) is 10.5. The number of nitrogens with zero attached hydrogens (tertiary/aromatic N) is 6. The molecule has 0 saturated carbocycles. The zero-order valence-electron chi connectivity index (χ0n) is 17.4. The summed E-state index contributed by atoms with van der Waals surface area (Å²) in [5, 5.41) is 13.4. The second kappa shape index (κ2) is 8.69. The van der Waals surface area contributed by atoms with Crippen molar-refractivity contribution in [2.75, 3.05) is 19.8 Å². The summed E-state index contributed by atoms with van der Waals surface area (Å²) in [5.41, 5.74) is 3.13. The molecule has 1 aliphatic heterocycles. The number of hydrogen-bond acceptors (Lipinski definition) is 7. The predicted molar refractivity (Wildman–Crippen MR) is 116 cm³/mol. The highest BCUT2D eigenvalue weighted by Crippen LogP contribution is 2.28. The number of ether oxygens (including phenoxy) is 2. The van der Waals surface area contributed by atoms with Gasteiger partial charge < -0.3 is 9.47 Å². The van der Waals surface area contributed by atoms with Crippen LogP contribution in [0, 0.1) is 0 Å². The van der Waals surface area contributed by atoms with Crippen LogP contribution in [0.5, 0.6) is 11.6 Å². The van der Waals surface area contributed by atoms with E-state index in [4.69, 9.17) is 14.5 Å². The normalized spacial score (nSPS) is 14.1. The minimum Gasteiger partial charge on any atom is -0.494 e. The minimum absolute atomic E-state index is 0.572. The van der Waals surface area contributed by atoms with Gasteiger partial charge in [0.2, 0.25) is 5.88 Å². The maximum Gasteiger partial charge on any atom is 0.218 e. The van der Waals surface area contributed by atoms with E-state index in [9.17, 15) is 0 Å². The summed E-state index contributed by atoms with van der Waals surface area (Å²) in [4.78, 5) is 7.02. The molecule has 5 rings (SSSR count). The molecule has 8 nitrogen and oxygen atoms in total. The Balaban J connectivity index is 1.37. The molecule has 158 valence electrons. The Bertz CT molecular complexity index is 1180. The molecule has 0 bridgehead atoms. The Morgan fingerprint density at radius 1 is 1.06 bits per heavy atom. The van der Waals surface area contributed by atoms with E-state index in [0.29, 0.717) is 32.2 Å². The fraction of sp³-hybridized carbons (Fsp3) is 0.304. The number of fused-ring (bicyclic) bond motifs is 2. The summed E-state index contributed by atoms with van der Waals surface area (Å²) in [6, 6.07) is 18.3. The Morgan fingerprint density at radius 2 is 1.97 bits per heavy atom. The van der Waals surface area contributed by atoms with E-state index in [1.807, 2.05) is 48.0 Å². The maximum absolute atomic E-state index is 5.97. The van der Waals surface area contributed by atoms with E-state index in [1.165, 1.54) is 5.56 Å². The second-order valence-electron chi connectivity index (χ2n) is 7.54. The van der Waals surface area contributed by atoms with Crippen molar-refractivity contribution in [1.29, 1.82) is 0 Å². The van der Waals surface area contributed by atoms with Crippen molar-refractivity contribution in [3.8, 4) is 11.6 Å². The number of benzene rings is 2. The van der Waals surface area contributed by atoms with E-state index in [1.54, 1.807) is 0 Å². The van der Waals surface area contributed by atoms with Crippen LogP contribution in [0.2, 0.25) is 0 Å². The number of aromatic nitrogens is 5. The topological polar surface area (TPSA) is 78.2 Å². The molecule has 2 aromatic carbocycles. The zero-order chi connectivity index (χ0) is 21.0. The van der Waals surface area contributed by atoms with E-state index in [-0.39, 0.29) is 0 Å². The highest BCUT2D eigenvalue weighted by atomic mass is 16.5. The fourth-order valence-electron chi connectivity index (χ4n) is 3.82. The standard InChI is InChI=1S/C23H24N6O2/c1-2-30-20-8-9-21-18(13-20)12-19-15-28(10-11-31-23(19)24-21)16-22-25-26-27-29(22)14-17-6-4-3-5-7-17/h3-9,12-13H,2,10-11,14-16H2,1H3. The van der Waals surface area contributed by atoms with Gasteiger partial charge in [-0.25, -0.2) is 9.67 Å². The number of tetrazole rings is 1. The molecule has 0 amide bonds. The van der Waals surface area contributed by atoms with Gasteiger partial charge in [0.15, 0.2) is 5.82 Å². The SMILES string of the molecule is CCOc1ccc2nc3c(cc2c1)CN(Cc1nnnn1Cc1ccccc1)CCO3. The van der Waals surface area contributed by atoms with Gasteiger partial charge in [0.05, 0.1) is 25.2 Å². The molecular weight excluding hydrogens is 392 g/mol. The van der Waals surface area contributed by atoms with E-state index < -0.39 is 0 Å². The fourth-order valence-corrected chi connectivity index (χ4v) is 3.82. The smallest absolute Gasteiger partial charge is 0.218 e. The lowest BCUT2D eigenvalue weighted by Crippen LogP contribution is -2.27. The Kier molecular flexibility index (Phi) is 5.45. The average Bonchev–Trinajstić information content (AvgIpc) is 3.11. The molecule has 4 aromatic rings. The van der Waals surface area contributed by atoms with Crippen LogP contribution in [-0.2, 0) is 19.6 Å². The van der Waals surface area contributed by atoms with Crippen LogP contribution in [0.3, 0.4) is 0 Å². The Labute approximate surface area is 180 Å². The molecule has 2 aromatic heterocycles. The lowest BCUT2D eigenvalue weighted by Gasteiger charge is -2.18. The number of hydrogen-bond donors (Lipinski definition) is 0. The second-order valence-corrected chi connectivity index (χ2v) is 7.54. The third-order valence-electron chi connectivity index (χ3n) is 5.32. The quantitative estimate of drug-likeness (QED) is 0.478. The third kappa shape index (κ3) is 4.34. The van der Waals surface area contributed by atoms with Crippen LogP contribution >= 0.6 is 0 Å². The predicted octanol–water partition coefficient (Wildman–Crippen LogP) is 3.06. The van der Waals surface area contributed by atoms with Crippen molar-refractivity contribution in [2.45, 2.75) is 26.6 Å². The van der Waals surface area contributed by atoms with Crippen LogP contribution < -0.4 is 9.47 Å². The molecule has 3 heterocycles. The maximum atomic E-state index is 5.97. The summed E-state index contributed by atoms with van der Waals surface area (Å²) in [7, 11) is 0. The average molecular weight is 416 g/mol. The Morgan fingerprint density at radius 3 is 2.84 bits per heavy atom. The molecule has 0 atom stereocenters. The lowest BCUT2D eigenvalue weighted by molar-refractivity contribution is 0.211. The highest BCUT2D eigenvalue weighted by molar-refractivity contribution is 5.81. The molecule has 8 heteroatoms. The molecule has 0 fully saturated rings. The third-order valence-corrected chi connectivity index (χ3v) is 5.32. The summed E-state index contributed by atoms with van der Waals surface area (Å²) in [5.74, 6) is 2.38. The molecule has 31 heavy (non-hydrogen) atoms. The zero-order valence-corrected chi connectivity index (χ0v) is 17.4. The van der Waals surface area contributed by atoms with Gasteiger partial charge in [0.25, 0.3) is 0 Å². The van der Waals surface area contributed by atoms with E-state index in [2.05, 4.69) is 38.6 Å². The monoisotopic (exact) mass is 416 g/mol. The van der Waals surface area contributed by atoms with Crippen molar-refractivity contribution in [3.63, 3.8) is 0 Å². The first-order valence-electron chi connectivity index (χ1n) is 10.5. The summed E-state index contributed by atoms with van der Waals surface area (Å²) < 4.78 is 13.5. The van der Waals surface area contributed by atoms with Crippen molar-refractivity contribution in [3.05, 3.63) is 71.5 Å². The lowest BCUT2D eigenvalue weighted by atomic mass is 10.1. The Hall–Kier alpha value is -3.52. The van der Waals surface area contributed by atoms with Crippen molar-refractivity contribution >= 4 is 10.9 Å². The molecular formula is C23H24N6O2. The summed E-state index contributed by atoms with van der Waals surface area (Å²) >= 11 is 0. The van der Waals surface area contributed by atoms with Crippen LogP contribution in [0.15, 0.2) is 54.6 Å². The van der Waals surface area contributed by atoms with Crippen LogP contribution in [0.25, 0.3) is 10.9 Å². The minimum atomic E-state index is 0.572. The molecule has 0 unspecified atom stereocenters. The molecule has 0 spiro atoms. The largest absolute Gasteiger partial charge is 0.494 e. The number of pyridine rings is 1. The molecule has 0 saturated heterocycles. The van der Waals surface area contributed by atoms with Crippen molar-refractivity contribution < 1.29 is 9.47 Å². The van der Waals surface area contributed by atoms with Gasteiger partial charge >= 0.3 is 0 Å². The first-order chi connectivity index (χ1) is 15.3. The van der Waals surface area contributed by atoms with Gasteiger partial charge in [0.1, 0.15) is 12.4 Å². The molecule has 0 radical (unpaired) electrons. The van der Waals surface area contributed by atoms with Gasteiger partial charge in [-0.1, -0.05) is 30.3 Å². The molecule has 1 aliphatic rings. The van der Waals surface area contributed by atoms with Gasteiger partial charge in [-0.3, -0.25) is 4.90 Å². The first kappa shape index (κ1) is 19.4. The van der Waals surface area contributed by atoms with Crippen LogP contribution in [0.4, 0.5) is 0 Å². The summed E-state index contributed by atoms with van der Waals surface area (Å²) in [6.07, 6.45) is 0. The number of rotatable bonds is 6. The van der Waals surface area contributed by atoms with Gasteiger partial charge in [0, 0.05) is 24.0 Å².